The van der Waals surface area contributed by atoms with Gasteiger partial charge in [0, 0.05) is 51.2 Å². The number of hydrogen-bond donors (Lipinski definition) is 1. The van der Waals surface area contributed by atoms with Crippen molar-refractivity contribution in [3.63, 3.8) is 0 Å². The third-order valence-corrected chi connectivity index (χ3v) is 5.18. The lowest BCUT2D eigenvalue weighted by Gasteiger charge is -2.20. The molecule has 142 valence electrons. The van der Waals surface area contributed by atoms with Crippen molar-refractivity contribution in [1.29, 1.82) is 0 Å². The molecule has 3 aromatic heterocycles. The van der Waals surface area contributed by atoms with Crippen molar-refractivity contribution in [2.45, 2.75) is 32.0 Å². The van der Waals surface area contributed by atoms with Gasteiger partial charge in [0.15, 0.2) is 11.5 Å². The van der Waals surface area contributed by atoms with Crippen LogP contribution in [0.2, 0.25) is 0 Å². The Balaban J connectivity index is 1.72. The van der Waals surface area contributed by atoms with Crippen LogP contribution in [0.25, 0.3) is 22.4 Å². The Labute approximate surface area is 158 Å². The minimum atomic E-state index is 0.110. The second kappa shape index (κ2) is 7.21. The molecule has 8 nitrogen and oxygen atoms in total. The zero-order valence-electron chi connectivity index (χ0n) is 16.1. The first-order valence-corrected chi connectivity index (χ1v) is 9.20. The summed E-state index contributed by atoms with van der Waals surface area (Å²) in [5.41, 5.74) is 1.72. The summed E-state index contributed by atoms with van der Waals surface area (Å²) in [7, 11) is 3.66. The highest BCUT2D eigenvalue weighted by atomic mass is 16.5. The Morgan fingerprint density at radius 2 is 1.96 bits per heavy atom. The number of ether oxygens (including phenoxy) is 1. The van der Waals surface area contributed by atoms with Crippen LogP contribution in [0.5, 0.6) is 0 Å². The van der Waals surface area contributed by atoms with Gasteiger partial charge in [-0.3, -0.25) is 14.6 Å². The van der Waals surface area contributed by atoms with Gasteiger partial charge in [0.1, 0.15) is 5.82 Å². The molecule has 4 heterocycles. The minimum Gasteiger partial charge on any atom is -0.378 e. The van der Waals surface area contributed by atoms with Crippen LogP contribution in [0.1, 0.15) is 13.8 Å². The molecule has 0 unspecified atom stereocenters. The first-order chi connectivity index (χ1) is 13.1. The fourth-order valence-electron chi connectivity index (χ4n) is 3.54. The monoisotopic (exact) mass is 367 g/mol. The molecular weight excluding hydrogens is 342 g/mol. The van der Waals surface area contributed by atoms with Crippen LogP contribution in [0.15, 0.2) is 30.7 Å². The summed E-state index contributed by atoms with van der Waals surface area (Å²) in [4.78, 5) is 16.0. The fraction of sp³-hybridized carbons (Fsp3) is 0.474. The van der Waals surface area contributed by atoms with E-state index in [-0.39, 0.29) is 12.1 Å². The lowest BCUT2D eigenvalue weighted by atomic mass is 10.2. The fourth-order valence-corrected chi connectivity index (χ4v) is 3.54. The van der Waals surface area contributed by atoms with Gasteiger partial charge in [-0.2, -0.15) is 5.10 Å². The molecule has 27 heavy (non-hydrogen) atoms. The molecule has 0 spiro atoms. The Morgan fingerprint density at radius 3 is 2.67 bits per heavy atom. The number of pyridine rings is 1. The van der Waals surface area contributed by atoms with E-state index >= 15 is 0 Å². The summed E-state index contributed by atoms with van der Waals surface area (Å²) < 4.78 is 7.51. The largest absolute Gasteiger partial charge is 0.378 e. The molecule has 1 N–H and O–H groups in total. The van der Waals surface area contributed by atoms with Crippen molar-refractivity contribution in [1.82, 2.24) is 29.6 Å². The molecule has 0 aromatic carbocycles. The van der Waals surface area contributed by atoms with Gasteiger partial charge < -0.3 is 10.1 Å². The number of aromatic nitrogens is 5. The van der Waals surface area contributed by atoms with Crippen molar-refractivity contribution >= 4 is 16.9 Å². The third kappa shape index (κ3) is 3.38. The molecule has 1 aliphatic rings. The molecule has 8 heteroatoms. The van der Waals surface area contributed by atoms with Gasteiger partial charge in [-0.25, -0.2) is 9.97 Å². The Hall–Kier alpha value is -2.58. The smallest absolute Gasteiger partial charge is 0.164 e. The van der Waals surface area contributed by atoms with Gasteiger partial charge in [-0.1, -0.05) is 0 Å². The molecule has 4 rings (SSSR count). The van der Waals surface area contributed by atoms with E-state index in [1.54, 1.807) is 24.2 Å². The van der Waals surface area contributed by atoms with Crippen LogP contribution in [0.4, 0.5) is 5.82 Å². The molecule has 1 aliphatic heterocycles. The van der Waals surface area contributed by atoms with Crippen molar-refractivity contribution in [2.24, 2.45) is 7.05 Å². The molecule has 0 bridgehead atoms. The standard InChI is InChI=1S/C19H25N7O/c1-12(2)26-10-15(16(11-26)27-4)22-18-14-9-21-25(3)19(14)24-17(23-18)13-5-7-20-8-6-13/h5-9,12,15-16H,10-11H2,1-4H3,(H,22,23,24)/t15-,16-/m1/s1. The summed E-state index contributed by atoms with van der Waals surface area (Å²) in [5.74, 6) is 1.45. The van der Waals surface area contributed by atoms with Crippen LogP contribution < -0.4 is 5.32 Å². The first kappa shape index (κ1) is 17.8. The van der Waals surface area contributed by atoms with E-state index in [1.165, 1.54) is 0 Å². The van der Waals surface area contributed by atoms with Crippen LogP contribution in [0.3, 0.4) is 0 Å². The number of nitrogens with zero attached hydrogens (tertiary/aromatic N) is 6. The maximum Gasteiger partial charge on any atom is 0.164 e. The molecule has 2 atom stereocenters. The summed E-state index contributed by atoms with van der Waals surface area (Å²) in [6, 6.07) is 4.46. The second-order valence-electron chi connectivity index (χ2n) is 7.21. The van der Waals surface area contributed by atoms with Crippen molar-refractivity contribution in [3.05, 3.63) is 30.7 Å². The average Bonchev–Trinajstić information content (AvgIpc) is 3.26. The van der Waals surface area contributed by atoms with E-state index in [0.29, 0.717) is 11.9 Å². The van der Waals surface area contributed by atoms with Crippen molar-refractivity contribution in [2.75, 3.05) is 25.5 Å². The van der Waals surface area contributed by atoms with Gasteiger partial charge in [0.25, 0.3) is 0 Å². The number of hydrogen-bond acceptors (Lipinski definition) is 7. The van der Waals surface area contributed by atoms with Crippen molar-refractivity contribution < 1.29 is 4.74 Å². The van der Waals surface area contributed by atoms with Gasteiger partial charge >= 0.3 is 0 Å². The maximum atomic E-state index is 5.73. The van der Waals surface area contributed by atoms with E-state index in [4.69, 9.17) is 14.7 Å². The van der Waals surface area contributed by atoms with E-state index in [9.17, 15) is 0 Å². The molecular formula is C19H25N7O. The van der Waals surface area contributed by atoms with E-state index < -0.39 is 0 Å². The van der Waals surface area contributed by atoms with Crippen LogP contribution in [-0.4, -0.2) is 68.0 Å². The zero-order valence-corrected chi connectivity index (χ0v) is 16.1. The lowest BCUT2D eigenvalue weighted by Crippen LogP contribution is -2.34. The van der Waals surface area contributed by atoms with Gasteiger partial charge in [-0.05, 0) is 26.0 Å². The molecule has 1 fully saturated rings. The summed E-state index contributed by atoms with van der Waals surface area (Å²) in [5, 5.41) is 8.89. The van der Waals surface area contributed by atoms with Gasteiger partial charge in [0.05, 0.1) is 23.7 Å². The number of methoxy groups -OCH3 is 1. The summed E-state index contributed by atoms with van der Waals surface area (Å²) in [6.07, 6.45) is 5.42. The molecule has 3 aromatic rings. The Kier molecular flexibility index (Phi) is 4.75. The molecule has 1 saturated heterocycles. The normalized spacial score (nSPS) is 20.6. The highest BCUT2D eigenvalue weighted by molar-refractivity contribution is 5.88. The summed E-state index contributed by atoms with van der Waals surface area (Å²) >= 11 is 0. The van der Waals surface area contributed by atoms with Crippen LogP contribution >= 0.6 is 0 Å². The Bertz CT molecular complexity index is 924. The number of likely N-dealkylation sites (tertiary alicyclic amines) is 1. The highest BCUT2D eigenvalue weighted by Crippen LogP contribution is 2.27. The van der Waals surface area contributed by atoms with Gasteiger partial charge in [-0.15, -0.1) is 0 Å². The predicted molar refractivity (Wildman–Crippen MR) is 104 cm³/mol. The number of nitrogens with one attached hydrogen (secondary N) is 1. The minimum absolute atomic E-state index is 0.110. The number of rotatable bonds is 5. The zero-order chi connectivity index (χ0) is 19.0. The maximum absolute atomic E-state index is 5.73. The topological polar surface area (TPSA) is 81.0 Å². The number of anilines is 1. The van der Waals surface area contributed by atoms with Crippen LogP contribution in [0, 0.1) is 0 Å². The van der Waals surface area contributed by atoms with Gasteiger partial charge in [0.2, 0.25) is 0 Å². The number of aryl methyl sites for hydroxylation is 1. The van der Waals surface area contributed by atoms with E-state index in [2.05, 4.69) is 34.1 Å². The lowest BCUT2D eigenvalue weighted by molar-refractivity contribution is 0.0983. The predicted octanol–water partition coefficient (Wildman–Crippen LogP) is 1.94. The summed E-state index contributed by atoms with van der Waals surface area (Å²) in [6.45, 7) is 6.23. The third-order valence-electron chi connectivity index (χ3n) is 5.18. The molecule has 0 amide bonds. The SMILES string of the molecule is CO[C@@H]1CN(C(C)C)C[C@H]1Nc1nc(-c2ccncc2)nc2c1cnn2C. The van der Waals surface area contributed by atoms with Crippen molar-refractivity contribution in [3.8, 4) is 11.4 Å². The molecule has 0 aliphatic carbocycles. The first-order valence-electron chi connectivity index (χ1n) is 9.20. The van der Waals surface area contributed by atoms with E-state index in [1.807, 2.05) is 25.4 Å². The quantitative estimate of drug-likeness (QED) is 0.738. The van der Waals surface area contributed by atoms with E-state index in [0.717, 1.165) is 35.5 Å². The Morgan fingerprint density at radius 1 is 1.19 bits per heavy atom. The average molecular weight is 367 g/mol. The second-order valence-corrected chi connectivity index (χ2v) is 7.21. The molecule has 0 radical (unpaired) electrons. The number of fused-ring (bicyclic) bond motifs is 1. The van der Waals surface area contributed by atoms with Crippen LogP contribution in [-0.2, 0) is 11.8 Å². The molecule has 0 saturated carbocycles. The highest BCUT2D eigenvalue weighted by Gasteiger charge is 2.34.